The highest BCUT2D eigenvalue weighted by Crippen LogP contribution is 2.42. The number of amides is 2. The number of benzene rings is 2. The molecule has 2 saturated heterocycles. The van der Waals surface area contributed by atoms with Gasteiger partial charge in [-0.3, -0.25) is 20.1 Å². The van der Waals surface area contributed by atoms with E-state index in [1.165, 1.54) is 48.2 Å². The van der Waals surface area contributed by atoms with Crippen LogP contribution in [0.25, 0.3) is 6.08 Å². The third-order valence-electron chi connectivity index (χ3n) is 9.00. The number of aliphatic imine (C=N–C) groups is 1. The topological polar surface area (TPSA) is 60.0 Å². The zero-order valence-electron chi connectivity index (χ0n) is 23.3. The van der Waals surface area contributed by atoms with Gasteiger partial charge in [-0.25, -0.2) is 9.18 Å². The predicted molar refractivity (Wildman–Crippen MR) is 157 cm³/mol. The zero-order chi connectivity index (χ0) is 27.2. The maximum Gasteiger partial charge on any atom is 0.328 e. The first kappa shape index (κ1) is 26.1. The van der Waals surface area contributed by atoms with Crippen LogP contribution in [0.5, 0.6) is 0 Å². The van der Waals surface area contributed by atoms with Gasteiger partial charge in [0.25, 0.3) is 0 Å². The van der Waals surface area contributed by atoms with Crippen molar-refractivity contribution in [1.29, 1.82) is 0 Å². The molecule has 0 radical (unpaired) electrons. The van der Waals surface area contributed by atoms with E-state index in [4.69, 9.17) is 4.99 Å². The van der Waals surface area contributed by atoms with Crippen molar-refractivity contribution < 1.29 is 9.18 Å². The molecule has 2 aromatic carbocycles. The molecule has 206 valence electrons. The van der Waals surface area contributed by atoms with Gasteiger partial charge in [0, 0.05) is 30.5 Å². The highest BCUT2D eigenvalue weighted by Gasteiger charge is 2.54. The van der Waals surface area contributed by atoms with Crippen LogP contribution in [0.1, 0.15) is 76.8 Å². The Morgan fingerprint density at radius 3 is 2.67 bits per heavy atom. The summed E-state index contributed by atoms with van der Waals surface area (Å²) in [5.74, 6) is 0.442. The summed E-state index contributed by atoms with van der Waals surface area (Å²) in [6.07, 6.45) is 11.7. The summed E-state index contributed by atoms with van der Waals surface area (Å²) in [6, 6.07) is 13.2. The van der Waals surface area contributed by atoms with Gasteiger partial charge in [-0.05, 0) is 75.8 Å². The fourth-order valence-corrected chi connectivity index (χ4v) is 6.94. The second-order valence-electron chi connectivity index (χ2n) is 12.4. The minimum absolute atomic E-state index is 0.0908. The summed E-state index contributed by atoms with van der Waals surface area (Å²) in [5.41, 5.74) is 3.61. The third-order valence-corrected chi connectivity index (χ3v) is 9.00. The average molecular weight is 530 g/mol. The number of nitrogens with one attached hydrogen (secondary N) is 2. The van der Waals surface area contributed by atoms with Crippen molar-refractivity contribution in [3.63, 3.8) is 0 Å². The second-order valence-corrected chi connectivity index (χ2v) is 12.4. The summed E-state index contributed by atoms with van der Waals surface area (Å²) in [7, 11) is 0. The van der Waals surface area contributed by atoms with Gasteiger partial charge >= 0.3 is 6.03 Å². The van der Waals surface area contributed by atoms with Gasteiger partial charge < -0.3 is 5.32 Å². The predicted octanol–water partition coefficient (Wildman–Crippen LogP) is 6.73. The molecule has 6 nitrogen and oxygen atoms in total. The van der Waals surface area contributed by atoms with Crippen LogP contribution < -0.4 is 15.5 Å². The molecule has 1 aliphatic carbocycles. The molecule has 7 heteroatoms. The van der Waals surface area contributed by atoms with Crippen molar-refractivity contribution >= 4 is 29.3 Å². The Morgan fingerprint density at radius 1 is 1.10 bits per heavy atom. The van der Waals surface area contributed by atoms with Gasteiger partial charge in [-0.1, -0.05) is 55.7 Å². The number of carbonyl (C=O) groups excluding carboxylic acids is 1. The molecule has 1 spiro atoms. The summed E-state index contributed by atoms with van der Waals surface area (Å²) in [5, 5.41) is 6.86. The van der Waals surface area contributed by atoms with Crippen LogP contribution in [0.2, 0.25) is 0 Å². The normalized spacial score (nSPS) is 28.0. The lowest BCUT2D eigenvalue weighted by atomic mass is 9.81. The lowest BCUT2D eigenvalue weighted by Crippen LogP contribution is -2.59. The van der Waals surface area contributed by atoms with E-state index in [1.807, 2.05) is 6.07 Å². The van der Waals surface area contributed by atoms with Gasteiger partial charge in [0.05, 0.1) is 11.6 Å². The summed E-state index contributed by atoms with van der Waals surface area (Å²) in [4.78, 5) is 23.0. The SMILES string of the molecule is C[C@H]1C[C@]2(CCN1Cc1cccc3c1NC(C)(C)C=C3)C(=NC1CCCCC1)NC(=O)N2c1cccc(F)c1. The van der Waals surface area contributed by atoms with E-state index in [-0.39, 0.29) is 29.5 Å². The van der Waals surface area contributed by atoms with Crippen LogP contribution in [-0.4, -0.2) is 46.5 Å². The van der Waals surface area contributed by atoms with Crippen molar-refractivity contribution in [3.8, 4) is 0 Å². The molecule has 3 heterocycles. The molecule has 6 rings (SSSR count). The first-order chi connectivity index (χ1) is 18.7. The van der Waals surface area contributed by atoms with Crippen LogP contribution in [0.15, 0.2) is 53.5 Å². The van der Waals surface area contributed by atoms with Crippen LogP contribution in [0.4, 0.5) is 20.6 Å². The molecule has 4 aliphatic rings. The van der Waals surface area contributed by atoms with E-state index in [9.17, 15) is 9.18 Å². The number of fused-ring (bicyclic) bond motifs is 1. The minimum Gasteiger partial charge on any atom is -0.376 e. The molecular weight excluding hydrogens is 489 g/mol. The Bertz CT molecular complexity index is 1310. The minimum atomic E-state index is -0.600. The van der Waals surface area contributed by atoms with Crippen molar-refractivity contribution in [2.45, 2.75) is 95.4 Å². The molecule has 2 aromatic rings. The maximum absolute atomic E-state index is 14.3. The number of anilines is 2. The Balaban J connectivity index is 1.31. The van der Waals surface area contributed by atoms with Crippen LogP contribution in [0, 0.1) is 5.82 Å². The molecule has 0 aromatic heterocycles. The number of urea groups is 1. The molecule has 2 atom stereocenters. The van der Waals surface area contributed by atoms with E-state index in [0.29, 0.717) is 5.69 Å². The standard InChI is InChI=1S/C32H40FN5O/c1-22-20-32(17-18-37(22)21-24-10-7-9-23-15-16-31(2,3)36-28(23)24)29(34-26-12-5-4-6-13-26)35-30(39)38(32)27-14-8-11-25(33)19-27/h7-11,14-16,19,22,26,36H,4-6,12-13,17-18,20-21H2,1-3H3,(H,34,35,39)/t22-,32+/m0/s1. The zero-order valence-corrected chi connectivity index (χ0v) is 23.3. The number of rotatable bonds is 4. The summed E-state index contributed by atoms with van der Waals surface area (Å²) < 4.78 is 14.3. The molecule has 2 amide bonds. The van der Waals surface area contributed by atoms with Crippen LogP contribution in [0.3, 0.4) is 0 Å². The molecule has 0 bridgehead atoms. The van der Waals surface area contributed by atoms with Crippen molar-refractivity contribution in [1.82, 2.24) is 10.2 Å². The van der Waals surface area contributed by atoms with Crippen molar-refractivity contribution in [3.05, 3.63) is 65.5 Å². The van der Waals surface area contributed by atoms with E-state index in [1.54, 1.807) is 11.0 Å². The number of piperidine rings is 1. The monoisotopic (exact) mass is 529 g/mol. The Kier molecular flexibility index (Phi) is 6.74. The quantitative estimate of drug-likeness (QED) is 0.462. The fourth-order valence-electron chi connectivity index (χ4n) is 6.94. The smallest absolute Gasteiger partial charge is 0.328 e. The maximum atomic E-state index is 14.3. The Hall–Kier alpha value is -3.19. The largest absolute Gasteiger partial charge is 0.376 e. The molecule has 3 aliphatic heterocycles. The van der Waals surface area contributed by atoms with Crippen LogP contribution in [-0.2, 0) is 6.54 Å². The molecule has 39 heavy (non-hydrogen) atoms. The van der Waals surface area contributed by atoms with Gasteiger partial charge in [-0.2, -0.15) is 0 Å². The highest BCUT2D eigenvalue weighted by molar-refractivity contribution is 6.19. The number of para-hydroxylation sites is 1. The van der Waals surface area contributed by atoms with Crippen molar-refractivity contribution in [2.75, 3.05) is 16.8 Å². The van der Waals surface area contributed by atoms with Gasteiger partial charge in [-0.15, -0.1) is 0 Å². The van der Waals surface area contributed by atoms with E-state index >= 15 is 0 Å². The number of nitrogens with zero attached hydrogens (tertiary/aromatic N) is 3. The number of amidine groups is 1. The highest BCUT2D eigenvalue weighted by atomic mass is 19.1. The van der Waals surface area contributed by atoms with Crippen molar-refractivity contribution in [2.24, 2.45) is 4.99 Å². The molecular formula is C32H40FN5O. The number of hydrogen-bond acceptors (Lipinski definition) is 4. The molecule has 3 fully saturated rings. The Labute approximate surface area is 231 Å². The van der Waals surface area contributed by atoms with Gasteiger partial charge in [0.15, 0.2) is 0 Å². The third kappa shape index (κ3) is 4.97. The lowest BCUT2D eigenvalue weighted by molar-refractivity contribution is 0.124. The molecule has 2 N–H and O–H groups in total. The van der Waals surface area contributed by atoms with E-state index < -0.39 is 5.54 Å². The average Bonchev–Trinajstić information content (AvgIpc) is 3.16. The lowest BCUT2D eigenvalue weighted by Gasteiger charge is -2.47. The summed E-state index contributed by atoms with van der Waals surface area (Å²) >= 11 is 0. The van der Waals surface area contributed by atoms with E-state index in [0.717, 1.165) is 44.6 Å². The Morgan fingerprint density at radius 2 is 1.90 bits per heavy atom. The first-order valence-corrected chi connectivity index (χ1v) is 14.5. The first-order valence-electron chi connectivity index (χ1n) is 14.5. The number of hydrogen-bond donors (Lipinski definition) is 2. The number of carbonyl (C=O) groups is 1. The van der Waals surface area contributed by atoms with Gasteiger partial charge in [0.1, 0.15) is 17.2 Å². The summed E-state index contributed by atoms with van der Waals surface area (Å²) in [6.45, 7) is 8.27. The van der Waals surface area contributed by atoms with Gasteiger partial charge in [0.2, 0.25) is 0 Å². The molecule has 0 unspecified atom stereocenters. The number of likely N-dealkylation sites (tertiary alicyclic amines) is 1. The molecule has 1 saturated carbocycles. The fraction of sp³-hybridized carbons (Fsp3) is 0.500. The second kappa shape index (κ2) is 10.1. The van der Waals surface area contributed by atoms with E-state index in [2.05, 4.69) is 66.7 Å². The van der Waals surface area contributed by atoms with Crippen LogP contribution >= 0.6 is 0 Å². The number of halogens is 1.